The Kier molecular flexibility index (Phi) is 7.11. The number of H-pyrrole nitrogens is 1. The number of anilines is 2. The Labute approximate surface area is 209 Å². The van der Waals surface area contributed by atoms with Gasteiger partial charge in [-0.2, -0.15) is 18.3 Å². The van der Waals surface area contributed by atoms with Crippen LogP contribution in [-0.2, 0) is 12.7 Å². The van der Waals surface area contributed by atoms with E-state index in [2.05, 4.69) is 20.4 Å². The number of hydrogen-bond acceptors (Lipinski definition) is 7. The normalized spacial score (nSPS) is 13.4. The van der Waals surface area contributed by atoms with Gasteiger partial charge in [0.2, 0.25) is 0 Å². The second kappa shape index (κ2) is 10.1. The highest BCUT2D eigenvalue weighted by Crippen LogP contribution is 2.32. The second-order valence-electron chi connectivity index (χ2n) is 8.48. The summed E-state index contributed by atoms with van der Waals surface area (Å²) < 4.78 is 83.6. The molecule has 0 bridgehead atoms. The molecule has 15 heteroatoms. The Morgan fingerprint density at radius 2 is 1.89 bits per heavy atom. The van der Waals surface area contributed by atoms with Crippen molar-refractivity contribution in [3.05, 3.63) is 74.7 Å². The minimum atomic E-state index is -4.96. The first-order chi connectivity index (χ1) is 17.8. The maximum Gasteiger partial charge on any atom is 0.423 e. The number of benzene rings is 1. The van der Waals surface area contributed by atoms with Crippen LogP contribution in [0.3, 0.4) is 0 Å². The van der Waals surface area contributed by atoms with Gasteiger partial charge in [-0.05, 0) is 30.5 Å². The minimum Gasteiger partial charge on any atom is -0.381 e. The molecule has 0 aliphatic rings. The molecule has 4 aromatic rings. The molecule has 1 aromatic carbocycles. The summed E-state index contributed by atoms with van der Waals surface area (Å²) in [6.45, 7) is 0.930. The van der Waals surface area contributed by atoms with E-state index in [0.29, 0.717) is 0 Å². The van der Waals surface area contributed by atoms with Crippen molar-refractivity contribution in [2.45, 2.75) is 38.3 Å². The Hall–Kier alpha value is -4.43. The number of halogens is 6. The molecular weight excluding hydrogens is 520 g/mol. The Bertz CT molecular complexity index is 1620. The number of rotatable bonds is 7. The van der Waals surface area contributed by atoms with Gasteiger partial charge in [-0.3, -0.25) is 9.59 Å². The van der Waals surface area contributed by atoms with Gasteiger partial charge in [0, 0.05) is 18.7 Å². The number of nitrogens with two attached hydrogens (primary N) is 1. The van der Waals surface area contributed by atoms with E-state index in [-0.39, 0.29) is 28.6 Å². The van der Waals surface area contributed by atoms with Crippen LogP contribution in [0, 0.1) is 11.6 Å². The highest BCUT2D eigenvalue weighted by molar-refractivity contribution is 5.86. The molecule has 0 unspecified atom stereocenters. The summed E-state index contributed by atoms with van der Waals surface area (Å²) in [4.78, 5) is 31.9. The van der Waals surface area contributed by atoms with E-state index in [1.165, 1.54) is 25.3 Å². The van der Waals surface area contributed by atoms with Crippen LogP contribution in [0.4, 0.5) is 37.8 Å². The van der Waals surface area contributed by atoms with Crippen LogP contribution in [0.15, 0.2) is 46.4 Å². The van der Waals surface area contributed by atoms with Gasteiger partial charge in [-0.1, -0.05) is 0 Å². The number of pyridine rings is 1. The number of nitrogens with zero attached hydrogens (tertiary/aromatic N) is 4. The molecule has 4 N–H and O–H groups in total. The molecule has 4 rings (SSSR count). The van der Waals surface area contributed by atoms with E-state index in [0.717, 1.165) is 23.0 Å². The lowest BCUT2D eigenvalue weighted by Gasteiger charge is -2.20. The van der Waals surface area contributed by atoms with Gasteiger partial charge in [-0.25, -0.2) is 28.2 Å². The molecule has 0 fully saturated rings. The monoisotopic (exact) mass is 539 g/mol. The molecule has 0 radical (unpaired) electrons. The van der Waals surface area contributed by atoms with Crippen molar-refractivity contribution in [1.29, 1.82) is 0 Å². The summed E-state index contributed by atoms with van der Waals surface area (Å²) >= 11 is 0. The molecular formula is C23H19F6N7O2. The zero-order valence-electron chi connectivity index (χ0n) is 19.5. The van der Waals surface area contributed by atoms with Gasteiger partial charge in [0.15, 0.2) is 17.5 Å². The molecule has 0 aliphatic carbocycles. The van der Waals surface area contributed by atoms with Crippen molar-refractivity contribution in [1.82, 2.24) is 24.7 Å². The van der Waals surface area contributed by atoms with E-state index in [4.69, 9.17) is 5.73 Å². The van der Waals surface area contributed by atoms with Crippen LogP contribution in [0.25, 0.3) is 22.2 Å². The average Bonchev–Trinajstić information content (AvgIpc) is 2.82. The van der Waals surface area contributed by atoms with Crippen molar-refractivity contribution in [3.8, 4) is 11.4 Å². The highest BCUT2D eigenvalue weighted by Gasteiger charge is 2.37. The highest BCUT2D eigenvalue weighted by atomic mass is 19.4. The molecule has 0 saturated carbocycles. The summed E-state index contributed by atoms with van der Waals surface area (Å²) in [7, 11) is 0. The van der Waals surface area contributed by atoms with Gasteiger partial charge in [0.05, 0.1) is 35.6 Å². The number of hydrogen-bond donors (Lipinski definition) is 3. The van der Waals surface area contributed by atoms with E-state index < -0.39 is 64.8 Å². The fourth-order valence-corrected chi connectivity index (χ4v) is 3.92. The summed E-state index contributed by atoms with van der Waals surface area (Å²) in [5.74, 6) is -2.44. The van der Waals surface area contributed by atoms with Crippen LogP contribution >= 0.6 is 0 Å². The molecule has 0 amide bonds. The number of fused-ring (bicyclic) bond motifs is 1. The summed E-state index contributed by atoms with van der Waals surface area (Å²) in [5.41, 5.74) is 1.02. The Balaban J connectivity index is 1.53. The second-order valence-corrected chi connectivity index (χ2v) is 8.48. The first-order valence-electron chi connectivity index (χ1n) is 11.0. The summed E-state index contributed by atoms with van der Waals surface area (Å²) in [5, 5.41) is 7.68. The lowest BCUT2D eigenvalue weighted by molar-refractivity contribution is -0.138. The van der Waals surface area contributed by atoms with Gasteiger partial charge in [-0.15, -0.1) is 0 Å². The van der Waals surface area contributed by atoms with E-state index in [1.54, 1.807) is 5.10 Å². The lowest BCUT2D eigenvalue weighted by atomic mass is 10.1. The van der Waals surface area contributed by atoms with E-state index in [1.807, 2.05) is 0 Å². The smallest absolute Gasteiger partial charge is 0.381 e. The number of nitrogen functional groups attached to an aromatic ring is 1. The van der Waals surface area contributed by atoms with Crippen LogP contribution in [0.1, 0.15) is 18.9 Å². The quantitative estimate of drug-likeness (QED) is 0.306. The predicted octanol–water partition coefficient (Wildman–Crippen LogP) is 3.65. The standard InChI is InChI=1S/C23H19F6N7O2/c1-10(33-17-8-32-35-21(37)18(17)23(27,28)29)4-12(24)9-36-3-2-11-5-14(15(25)6-13(11)22(36)38)20-31-7-16(26)19(30)34-20/h2-3,5-8,10,12H,4,9H2,1H3,(H2,30,31,34)(H2,33,35,37)/t10-,12+/m0/s1. The first kappa shape index (κ1) is 26.6. The van der Waals surface area contributed by atoms with Gasteiger partial charge in [0.25, 0.3) is 11.1 Å². The third-order valence-corrected chi connectivity index (χ3v) is 5.62. The Morgan fingerprint density at radius 1 is 1.16 bits per heavy atom. The number of aromatic amines is 1. The number of nitrogens with one attached hydrogen (secondary N) is 2. The SMILES string of the molecule is C[C@@H](C[C@@H](F)Cn1ccc2cc(-c3ncc(F)c(N)n3)c(F)cc2c1=O)Nc1cn[nH]c(=O)c1C(F)(F)F. The fraction of sp³-hybridized carbons (Fsp3) is 0.261. The summed E-state index contributed by atoms with van der Waals surface area (Å²) in [6.07, 6.45) is -4.15. The molecule has 0 aliphatic heterocycles. The molecule has 200 valence electrons. The zero-order chi connectivity index (χ0) is 27.8. The van der Waals surface area contributed by atoms with Gasteiger partial charge >= 0.3 is 6.18 Å². The maximum absolute atomic E-state index is 14.8. The molecule has 0 saturated heterocycles. The van der Waals surface area contributed by atoms with Crippen molar-refractivity contribution in [2.24, 2.45) is 0 Å². The minimum absolute atomic E-state index is 0.0772. The molecule has 0 spiro atoms. The van der Waals surface area contributed by atoms with E-state index in [9.17, 15) is 35.9 Å². The van der Waals surface area contributed by atoms with Crippen LogP contribution < -0.4 is 22.2 Å². The molecule has 2 atom stereocenters. The van der Waals surface area contributed by atoms with Crippen molar-refractivity contribution in [2.75, 3.05) is 11.1 Å². The molecule has 38 heavy (non-hydrogen) atoms. The Morgan fingerprint density at radius 3 is 2.58 bits per heavy atom. The third-order valence-electron chi connectivity index (χ3n) is 5.62. The molecule has 3 heterocycles. The fourth-order valence-electron chi connectivity index (χ4n) is 3.92. The largest absolute Gasteiger partial charge is 0.423 e. The maximum atomic E-state index is 14.8. The first-order valence-corrected chi connectivity index (χ1v) is 11.0. The van der Waals surface area contributed by atoms with Gasteiger partial charge < -0.3 is 15.6 Å². The molecule has 3 aromatic heterocycles. The van der Waals surface area contributed by atoms with E-state index >= 15 is 0 Å². The third kappa shape index (κ3) is 5.45. The predicted molar refractivity (Wildman–Crippen MR) is 126 cm³/mol. The number of aromatic nitrogens is 5. The van der Waals surface area contributed by atoms with Crippen molar-refractivity contribution < 1.29 is 26.3 Å². The zero-order valence-corrected chi connectivity index (χ0v) is 19.5. The topological polar surface area (TPSA) is 132 Å². The average molecular weight is 539 g/mol. The molecule has 9 nitrogen and oxygen atoms in total. The van der Waals surface area contributed by atoms with Gasteiger partial charge in [0.1, 0.15) is 17.6 Å². The lowest BCUT2D eigenvalue weighted by Crippen LogP contribution is -2.30. The van der Waals surface area contributed by atoms with Crippen LogP contribution in [0.5, 0.6) is 0 Å². The van der Waals surface area contributed by atoms with Crippen molar-refractivity contribution in [3.63, 3.8) is 0 Å². The van der Waals surface area contributed by atoms with Crippen LogP contribution in [-0.4, -0.2) is 36.9 Å². The van der Waals surface area contributed by atoms with Crippen molar-refractivity contribution >= 4 is 22.3 Å². The summed E-state index contributed by atoms with van der Waals surface area (Å²) in [6, 6.07) is 2.74. The number of alkyl halides is 4. The van der Waals surface area contributed by atoms with Crippen LogP contribution in [0.2, 0.25) is 0 Å².